The van der Waals surface area contributed by atoms with Gasteiger partial charge in [0.2, 0.25) is 0 Å². The first kappa shape index (κ1) is 18.7. The van der Waals surface area contributed by atoms with Crippen LogP contribution in [0.2, 0.25) is 0 Å². The van der Waals surface area contributed by atoms with E-state index in [1.54, 1.807) is 4.90 Å². The highest BCUT2D eigenvalue weighted by Crippen LogP contribution is 2.25. The van der Waals surface area contributed by atoms with Crippen LogP contribution in [0.1, 0.15) is 24.4 Å². The summed E-state index contributed by atoms with van der Waals surface area (Å²) in [4.78, 5) is 14.6. The Bertz CT molecular complexity index is 702. The van der Waals surface area contributed by atoms with Crippen molar-refractivity contribution in [2.24, 2.45) is 5.92 Å². The number of hydrogen-bond acceptors (Lipinski definition) is 3. The van der Waals surface area contributed by atoms with Crippen LogP contribution in [-0.4, -0.2) is 31.7 Å². The van der Waals surface area contributed by atoms with Gasteiger partial charge in [-0.25, -0.2) is 4.79 Å². The summed E-state index contributed by atoms with van der Waals surface area (Å²) in [5, 5.41) is 3.35. The number of carbonyl (C=O) groups is 1. The first-order chi connectivity index (χ1) is 12.3. The van der Waals surface area contributed by atoms with Gasteiger partial charge >= 0.3 is 5.97 Å². The molecular weight excluding hydrogens is 348 g/mol. The third-order valence-electron chi connectivity index (χ3n) is 5.47. The summed E-state index contributed by atoms with van der Waals surface area (Å²) >= 11 is 0. The SMILES string of the molecule is O=C(OC1C[NH+]2CCC1CC2)[C@H](Nc1ccccc1)c1ccccc1.[Cl-]. The van der Waals surface area contributed by atoms with Crippen LogP contribution in [0.4, 0.5) is 5.69 Å². The number of halogens is 1. The molecule has 0 aliphatic carbocycles. The Morgan fingerprint density at radius 2 is 1.62 bits per heavy atom. The van der Waals surface area contributed by atoms with E-state index in [2.05, 4.69) is 5.32 Å². The summed E-state index contributed by atoms with van der Waals surface area (Å²) in [5.41, 5.74) is 1.86. The minimum absolute atomic E-state index is 0. The van der Waals surface area contributed by atoms with Gasteiger partial charge in [-0.3, -0.25) is 0 Å². The maximum atomic E-state index is 13.0. The molecule has 2 aromatic carbocycles. The molecule has 0 saturated carbocycles. The standard InChI is InChI=1S/C21H24N2O2.ClH/c24-21(25-19-15-23-13-11-16(19)12-14-23)20(17-7-3-1-4-8-17)22-18-9-5-2-6-10-18;/h1-10,16,19-20,22H,11-15H2;1H/t19?,20-;/m1./s1. The summed E-state index contributed by atoms with van der Waals surface area (Å²) in [6, 6.07) is 19.2. The maximum Gasteiger partial charge on any atom is 0.333 e. The molecule has 3 saturated heterocycles. The number of esters is 1. The molecule has 0 amide bonds. The van der Waals surface area contributed by atoms with E-state index in [4.69, 9.17) is 4.74 Å². The average molecular weight is 373 g/mol. The molecule has 2 N–H and O–H groups in total. The fraction of sp³-hybridized carbons (Fsp3) is 0.381. The van der Waals surface area contributed by atoms with Crippen molar-refractivity contribution in [2.75, 3.05) is 25.0 Å². The molecule has 138 valence electrons. The lowest BCUT2D eigenvalue weighted by atomic mass is 9.86. The van der Waals surface area contributed by atoms with E-state index in [9.17, 15) is 4.79 Å². The van der Waals surface area contributed by atoms with Crippen LogP contribution in [0, 0.1) is 5.92 Å². The third-order valence-corrected chi connectivity index (χ3v) is 5.47. The van der Waals surface area contributed by atoms with Gasteiger partial charge in [-0.2, -0.15) is 0 Å². The number of ether oxygens (including phenoxy) is 1. The fourth-order valence-electron chi connectivity index (χ4n) is 4.06. The Kier molecular flexibility index (Phi) is 6.17. The van der Waals surface area contributed by atoms with Gasteiger partial charge in [-0.05, 0) is 17.7 Å². The largest absolute Gasteiger partial charge is 1.00 e. The van der Waals surface area contributed by atoms with E-state index in [-0.39, 0.29) is 24.5 Å². The van der Waals surface area contributed by atoms with Crippen LogP contribution in [0.3, 0.4) is 0 Å². The molecule has 0 spiro atoms. The zero-order valence-electron chi connectivity index (χ0n) is 14.7. The second-order valence-corrected chi connectivity index (χ2v) is 7.12. The number of rotatable bonds is 5. The quantitative estimate of drug-likeness (QED) is 0.666. The number of fused-ring (bicyclic) bond motifs is 3. The highest BCUT2D eigenvalue weighted by molar-refractivity contribution is 5.81. The van der Waals surface area contributed by atoms with E-state index >= 15 is 0 Å². The Labute approximate surface area is 160 Å². The highest BCUT2D eigenvalue weighted by atomic mass is 35.5. The molecule has 2 aromatic rings. The number of para-hydroxylation sites is 1. The monoisotopic (exact) mass is 372 g/mol. The molecule has 26 heavy (non-hydrogen) atoms. The van der Waals surface area contributed by atoms with E-state index in [1.165, 1.54) is 25.9 Å². The van der Waals surface area contributed by atoms with Gasteiger partial charge in [0.05, 0.1) is 13.1 Å². The number of anilines is 1. The van der Waals surface area contributed by atoms with Crippen molar-refractivity contribution in [2.45, 2.75) is 25.0 Å². The summed E-state index contributed by atoms with van der Waals surface area (Å²) in [5.74, 6) is 0.364. The van der Waals surface area contributed by atoms with Crippen LogP contribution < -0.4 is 22.6 Å². The molecule has 3 fully saturated rings. The predicted molar refractivity (Wildman–Crippen MR) is 97.4 cm³/mol. The molecular formula is C21H25ClN2O2. The molecule has 5 rings (SSSR count). The minimum Gasteiger partial charge on any atom is -1.00 e. The van der Waals surface area contributed by atoms with Crippen molar-refractivity contribution < 1.29 is 26.8 Å². The molecule has 3 aliphatic heterocycles. The molecule has 2 bridgehead atoms. The van der Waals surface area contributed by atoms with Crippen LogP contribution in [0.25, 0.3) is 0 Å². The first-order valence-corrected chi connectivity index (χ1v) is 9.20. The molecule has 3 heterocycles. The van der Waals surface area contributed by atoms with Crippen molar-refractivity contribution in [3.8, 4) is 0 Å². The predicted octanol–water partition coefficient (Wildman–Crippen LogP) is -0.936. The van der Waals surface area contributed by atoms with E-state index in [1.807, 2.05) is 60.7 Å². The van der Waals surface area contributed by atoms with E-state index in [0.717, 1.165) is 17.8 Å². The molecule has 1 unspecified atom stereocenters. The van der Waals surface area contributed by atoms with Crippen molar-refractivity contribution in [1.29, 1.82) is 0 Å². The maximum absolute atomic E-state index is 13.0. The van der Waals surface area contributed by atoms with Crippen molar-refractivity contribution in [1.82, 2.24) is 0 Å². The van der Waals surface area contributed by atoms with Crippen LogP contribution in [-0.2, 0) is 9.53 Å². The zero-order valence-corrected chi connectivity index (χ0v) is 15.5. The van der Waals surface area contributed by atoms with Gasteiger partial charge in [0.15, 0.2) is 12.1 Å². The third kappa shape index (κ3) is 4.19. The normalized spacial score (nSPS) is 25.0. The van der Waals surface area contributed by atoms with Gasteiger partial charge in [-0.15, -0.1) is 0 Å². The van der Waals surface area contributed by atoms with Crippen molar-refractivity contribution in [3.05, 3.63) is 66.2 Å². The number of carbonyl (C=O) groups excluding carboxylic acids is 1. The van der Waals surface area contributed by atoms with Crippen molar-refractivity contribution in [3.63, 3.8) is 0 Å². The summed E-state index contributed by atoms with van der Waals surface area (Å²) in [6.45, 7) is 3.41. The minimum atomic E-state index is -0.478. The van der Waals surface area contributed by atoms with E-state index in [0.29, 0.717) is 5.92 Å². The lowest BCUT2D eigenvalue weighted by Crippen LogP contribution is -3.16. The van der Waals surface area contributed by atoms with Crippen LogP contribution in [0.5, 0.6) is 0 Å². The number of hydrogen-bond donors (Lipinski definition) is 2. The molecule has 3 aliphatic rings. The van der Waals surface area contributed by atoms with Gasteiger partial charge in [0.1, 0.15) is 6.54 Å². The average Bonchev–Trinajstić information content (AvgIpc) is 2.68. The number of benzene rings is 2. The summed E-state index contributed by atoms with van der Waals surface area (Å²) in [6.07, 6.45) is 2.42. The smallest absolute Gasteiger partial charge is 0.333 e. The lowest BCUT2D eigenvalue weighted by Gasteiger charge is -2.41. The van der Waals surface area contributed by atoms with Crippen LogP contribution in [0.15, 0.2) is 60.7 Å². The van der Waals surface area contributed by atoms with Gasteiger partial charge in [-0.1, -0.05) is 48.5 Å². The van der Waals surface area contributed by atoms with Gasteiger partial charge in [0.25, 0.3) is 0 Å². The second-order valence-electron chi connectivity index (χ2n) is 7.12. The molecule has 2 atom stereocenters. The summed E-state index contributed by atoms with van der Waals surface area (Å²) < 4.78 is 5.99. The zero-order chi connectivity index (χ0) is 17.1. The highest BCUT2D eigenvalue weighted by Gasteiger charge is 2.40. The van der Waals surface area contributed by atoms with E-state index < -0.39 is 6.04 Å². The first-order valence-electron chi connectivity index (χ1n) is 9.20. The molecule has 0 radical (unpaired) electrons. The Balaban J connectivity index is 0.00000196. The Hall–Kier alpha value is -2.04. The second kappa shape index (κ2) is 8.56. The van der Waals surface area contributed by atoms with Crippen LogP contribution >= 0.6 is 0 Å². The molecule has 5 heteroatoms. The molecule has 4 nitrogen and oxygen atoms in total. The summed E-state index contributed by atoms with van der Waals surface area (Å²) in [7, 11) is 0. The van der Waals surface area contributed by atoms with Gasteiger partial charge in [0, 0.05) is 24.4 Å². The number of piperidine rings is 3. The lowest BCUT2D eigenvalue weighted by molar-refractivity contribution is -0.920. The van der Waals surface area contributed by atoms with Crippen molar-refractivity contribution >= 4 is 11.7 Å². The fourth-order valence-corrected chi connectivity index (χ4v) is 4.06. The Morgan fingerprint density at radius 1 is 1.00 bits per heavy atom. The topological polar surface area (TPSA) is 42.8 Å². The molecule has 0 aromatic heterocycles. The number of quaternary nitrogens is 1. The Morgan fingerprint density at radius 3 is 2.19 bits per heavy atom. The number of nitrogens with one attached hydrogen (secondary N) is 2. The van der Waals surface area contributed by atoms with Gasteiger partial charge < -0.3 is 27.4 Å².